The van der Waals surface area contributed by atoms with E-state index in [1.165, 1.54) is 32.1 Å². The van der Waals surface area contributed by atoms with Crippen LogP contribution in [0, 0.1) is 17.8 Å². The average Bonchev–Trinajstić information content (AvgIpc) is 2.38. The standard InChI is InChI=1S/C15H19N/c1-16-15-10-6-5-9-14(15)12-11-13-7-3-2-4-8-13/h5-6,9-10,13,16H,2-4,7-8H2,1H3. The Morgan fingerprint density at radius 1 is 1.12 bits per heavy atom. The predicted octanol–water partition coefficient (Wildman–Crippen LogP) is 3.66. The minimum absolute atomic E-state index is 0.624. The molecule has 16 heavy (non-hydrogen) atoms. The van der Waals surface area contributed by atoms with Crippen LogP contribution in [0.15, 0.2) is 24.3 Å². The first-order valence-electron chi connectivity index (χ1n) is 6.18. The Labute approximate surface area is 98.3 Å². The van der Waals surface area contributed by atoms with E-state index in [-0.39, 0.29) is 0 Å². The lowest BCUT2D eigenvalue weighted by atomic mass is 9.89. The Bertz CT molecular complexity index is 391. The summed E-state index contributed by atoms with van der Waals surface area (Å²) in [5.41, 5.74) is 2.25. The highest BCUT2D eigenvalue weighted by Crippen LogP contribution is 2.23. The number of hydrogen-bond donors (Lipinski definition) is 1. The monoisotopic (exact) mass is 213 g/mol. The first-order valence-corrected chi connectivity index (χ1v) is 6.18. The molecule has 0 amide bonds. The summed E-state index contributed by atoms with van der Waals surface area (Å²) in [5, 5.41) is 3.18. The lowest BCUT2D eigenvalue weighted by Crippen LogP contribution is -2.03. The molecule has 0 unspecified atom stereocenters. The molecule has 84 valence electrons. The van der Waals surface area contributed by atoms with Crippen molar-refractivity contribution in [3.05, 3.63) is 29.8 Å². The van der Waals surface area contributed by atoms with Crippen LogP contribution in [-0.2, 0) is 0 Å². The molecule has 0 saturated heterocycles. The minimum Gasteiger partial charge on any atom is -0.387 e. The summed E-state index contributed by atoms with van der Waals surface area (Å²) in [7, 11) is 1.95. The molecule has 1 N–H and O–H groups in total. The molecule has 1 heteroatoms. The van der Waals surface area contributed by atoms with E-state index in [0.29, 0.717) is 5.92 Å². The normalized spacial score (nSPS) is 16.3. The zero-order valence-corrected chi connectivity index (χ0v) is 9.92. The fraction of sp³-hybridized carbons (Fsp3) is 0.467. The second kappa shape index (κ2) is 5.61. The van der Waals surface area contributed by atoms with Crippen LogP contribution < -0.4 is 5.32 Å². The molecule has 1 aromatic rings. The van der Waals surface area contributed by atoms with E-state index in [9.17, 15) is 0 Å². The van der Waals surface area contributed by atoms with Crippen molar-refractivity contribution in [2.45, 2.75) is 32.1 Å². The lowest BCUT2D eigenvalue weighted by molar-refractivity contribution is 0.430. The van der Waals surface area contributed by atoms with Crippen molar-refractivity contribution in [1.82, 2.24) is 0 Å². The molecular weight excluding hydrogens is 194 g/mol. The predicted molar refractivity (Wildman–Crippen MR) is 69.4 cm³/mol. The summed E-state index contributed by atoms with van der Waals surface area (Å²) in [6, 6.07) is 8.25. The van der Waals surface area contributed by atoms with Gasteiger partial charge in [-0.1, -0.05) is 43.2 Å². The molecule has 1 aliphatic rings. The molecule has 1 nitrogen and oxygen atoms in total. The fourth-order valence-corrected chi connectivity index (χ4v) is 2.24. The van der Waals surface area contributed by atoms with Crippen molar-refractivity contribution < 1.29 is 0 Å². The Hall–Kier alpha value is -1.42. The van der Waals surface area contributed by atoms with Crippen LogP contribution in [-0.4, -0.2) is 7.05 Å². The van der Waals surface area contributed by atoms with E-state index in [1.807, 2.05) is 19.2 Å². The van der Waals surface area contributed by atoms with Crippen LogP contribution in [0.4, 0.5) is 5.69 Å². The van der Waals surface area contributed by atoms with Gasteiger partial charge in [0.15, 0.2) is 0 Å². The van der Waals surface area contributed by atoms with Crippen molar-refractivity contribution in [1.29, 1.82) is 0 Å². The van der Waals surface area contributed by atoms with E-state index < -0.39 is 0 Å². The number of benzene rings is 1. The summed E-state index contributed by atoms with van der Waals surface area (Å²) < 4.78 is 0. The molecular formula is C15H19N. The van der Waals surface area contributed by atoms with Crippen molar-refractivity contribution in [2.75, 3.05) is 12.4 Å². The Balaban J connectivity index is 2.10. The largest absolute Gasteiger partial charge is 0.387 e. The number of para-hydroxylation sites is 1. The van der Waals surface area contributed by atoms with E-state index in [1.54, 1.807) is 0 Å². The summed E-state index contributed by atoms with van der Waals surface area (Å²) in [5.74, 6) is 7.37. The SMILES string of the molecule is CNc1ccccc1C#CC1CCCCC1. The molecule has 0 atom stereocenters. The topological polar surface area (TPSA) is 12.0 Å². The fourth-order valence-electron chi connectivity index (χ4n) is 2.24. The highest BCUT2D eigenvalue weighted by Gasteiger charge is 2.09. The van der Waals surface area contributed by atoms with Crippen LogP contribution in [0.3, 0.4) is 0 Å². The van der Waals surface area contributed by atoms with Gasteiger partial charge in [-0.05, 0) is 25.0 Å². The van der Waals surface area contributed by atoms with Gasteiger partial charge >= 0.3 is 0 Å². The van der Waals surface area contributed by atoms with Gasteiger partial charge in [-0.2, -0.15) is 0 Å². The first kappa shape index (κ1) is 11.1. The number of anilines is 1. The highest BCUT2D eigenvalue weighted by atomic mass is 14.8. The molecule has 2 rings (SSSR count). The van der Waals surface area contributed by atoms with Gasteiger partial charge in [0, 0.05) is 24.2 Å². The Morgan fingerprint density at radius 2 is 1.88 bits per heavy atom. The molecule has 0 spiro atoms. The maximum Gasteiger partial charge on any atom is 0.0496 e. The molecule has 0 radical (unpaired) electrons. The summed E-state index contributed by atoms with van der Waals surface area (Å²) in [6.45, 7) is 0. The van der Waals surface area contributed by atoms with Gasteiger partial charge in [0.25, 0.3) is 0 Å². The molecule has 1 aliphatic carbocycles. The van der Waals surface area contributed by atoms with Crippen molar-refractivity contribution >= 4 is 5.69 Å². The van der Waals surface area contributed by atoms with E-state index in [2.05, 4.69) is 29.3 Å². The van der Waals surface area contributed by atoms with Gasteiger partial charge in [-0.25, -0.2) is 0 Å². The molecule has 0 bridgehead atoms. The second-order valence-electron chi connectivity index (χ2n) is 4.40. The maximum atomic E-state index is 3.42. The van der Waals surface area contributed by atoms with Crippen molar-refractivity contribution in [3.63, 3.8) is 0 Å². The maximum absolute atomic E-state index is 3.42. The average molecular weight is 213 g/mol. The third-order valence-electron chi connectivity index (χ3n) is 3.21. The van der Waals surface area contributed by atoms with E-state index in [4.69, 9.17) is 0 Å². The van der Waals surface area contributed by atoms with Crippen LogP contribution >= 0.6 is 0 Å². The third kappa shape index (κ3) is 2.79. The second-order valence-corrected chi connectivity index (χ2v) is 4.40. The molecule has 0 heterocycles. The molecule has 1 fully saturated rings. The molecule has 1 saturated carbocycles. The number of rotatable bonds is 1. The van der Waals surface area contributed by atoms with Gasteiger partial charge in [0.05, 0.1) is 0 Å². The van der Waals surface area contributed by atoms with Gasteiger partial charge < -0.3 is 5.32 Å². The summed E-state index contributed by atoms with van der Waals surface area (Å²) in [6.07, 6.45) is 6.68. The van der Waals surface area contributed by atoms with Gasteiger partial charge in [0.1, 0.15) is 0 Å². The summed E-state index contributed by atoms with van der Waals surface area (Å²) >= 11 is 0. The smallest absolute Gasteiger partial charge is 0.0496 e. The minimum atomic E-state index is 0.624. The van der Waals surface area contributed by atoms with Crippen LogP contribution in [0.25, 0.3) is 0 Å². The van der Waals surface area contributed by atoms with Crippen LogP contribution in [0.2, 0.25) is 0 Å². The van der Waals surface area contributed by atoms with E-state index >= 15 is 0 Å². The molecule has 0 aromatic heterocycles. The van der Waals surface area contributed by atoms with Crippen LogP contribution in [0.5, 0.6) is 0 Å². The third-order valence-corrected chi connectivity index (χ3v) is 3.21. The Kier molecular flexibility index (Phi) is 3.88. The van der Waals surface area contributed by atoms with Gasteiger partial charge in [-0.3, -0.25) is 0 Å². The molecule has 1 aromatic carbocycles. The lowest BCUT2D eigenvalue weighted by Gasteiger charge is -2.15. The zero-order valence-electron chi connectivity index (χ0n) is 9.92. The molecule has 0 aliphatic heterocycles. The Morgan fingerprint density at radius 3 is 2.62 bits per heavy atom. The zero-order chi connectivity index (χ0) is 11.2. The van der Waals surface area contributed by atoms with Crippen molar-refractivity contribution in [2.24, 2.45) is 5.92 Å². The summed E-state index contributed by atoms with van der Waals surface area (Å²) in [4.78, 5) is 0. The van der Waals surface area contributed by atoms with Crippen molar-refractivity contribution in [3.8, 4) is 11.8 Å². The van der Waals surface area contributed by atoms with E-state index in [0.717, 1.165) is 11.3 Å². The number of nitrogens with one attached hydrogen (secondary N) is 1. The highest BCUT2D eigenvalue weighted by molar-refractivity contribution is 5.58. The van der Waals surface area contributed by atoms with Crippen LogP contribution in [0.1, 0.15) is 37.7 Å². The van der Waals surface area contributed by atoms with Gasteiger partial charge in [-0.15, -0.1) is 0 Å². The van der Waals surface area contributed by atoms with Gasteiger partial charge in [0.2, 0.25) is 0 Å². The quantitative estimate of drug-likeness (QED) is 0.702. The first-order chi connectivity index (χ1) is 7.90. The number of hydrogen-bond acceptors (Lipinski definition) is 1.